The van der Waals surface area contributed by atoms with Gasteiger partial charge in [0.25, 0.3) is 0 Å². The van der Waals surface area contributed by atoms with E-state index < -0.39 is 34.6 Å². The molecule has 0 spiro atoms. The van der Waals surface area contributed by atoms with E-state index in [9.17, 15) is 34.2 Å². The molecule has 4 fully saturated rings. The third-order valence-corrected chi connectivity index (χ3v) is 14.6. The zero-order chi connectivity index (χ0) is 38.7. The molecule has 5 aliphatic rings. The lowest BCUT2D eigenvalue weighted by Crippen LogP contribution is -2.63. The Morgan fingerprint density at radius 2 is 1.64 bits per heavy atom. The molecule has 10 heteroatoms. The number of benzene rings is 1. The van der Waals surface area contributed by atoms with E-state index in [0.29, 0.717) is 42.6 Å². The number of amides is 1. The molecule has 1 aromatic carbocycles. The lowest BCUT2D eigenvalue weighted by Gasteiger charge is -2.68. The second kappa shape index (κ2) is 13.6. The number of hydrogen-bond acceptors (Lipinski definition) is 7. The van der Waals surface area contributed by atoms with Gasteiger partial charge in [0.05, 0.1) is 12.0 Å². The molecule has 5 aliphatic carbocycles. The van der Waals surface area contributed by atoms with Crippen molar-refractivity contribution in [2.45, 2.75) is 99.3 Å². The molecular formula is C43H55NO9. The standard InChI is InChI=1S/C43H55NO9/c1-39(2)19-20-43(38(51)52)22-26(24-53-36(50)14-7-25-21-27(45)8-10-30(25)44-34(47)12-13-35(48)49)37-28(29(43)23-39)9-11-32-41(5)18-16-33(46)40(3,4)31(41)15-17-42(32,37)6/h7-10,12-14,21,26,29,31-32,37,45H,11,15-20,22-24H2,1-6H3,(H,44,47)(H,48,49)(H,51,52)/b13-12+,14-7+/t26?,29?,31?,32?,37?,41-,42+,43-/m0/s1. The molecular weight excluding hydrogens is 674 g/mol. The fourth-order valence-electron chi connectivity index (χ4n) is 12.1. The number of carboxylic acids is 2. The summed E-state index contributed by atoms with van der Waals surface area (Å²) in [7, 11) is 0. The van der Waals surface area contributed by atoms with Gasteiger partial charge in [-0.05, 0) is 116 Å². The highest BCUT2D eigenvalue weighted by atomic mass is 16.5. The average Bonchev–Trinajstić information content (AvgIpc) is 3.07. The van der Waals surface area contributed by atoms with Gasteiger partial charge in [-0.1, -0.05) is 53.2 Å². The van der Waals surface area contributed by atoms with E-state index in [2.05, 4.69) is 52.9 Å². The summed E-state index contributed by atoms with van der Waals surface area (Å²) in [4.78, 5) is 63.1. The van der Waals surface area contributed by atoms with Crippen LogP contribution in [-0.2, 0) is 28.7 Å². The molecule has 6 rings (SSSR count). The molecule has 286 valence electrons. The van der Waals surface area contributed by atoms with Gasteiger partial charge in [-0.15, -0.1) is 0 Å². The fourth-order valence-corrected chi connectivity index (χ4v) is 12.1. The van der Waals surface area contributed by atoms with Gasteiger partial charge in [-0.25, -0.2) is 9.59 Å². The number of allylic oxidation sites excluding steroid dienone is 2. The van der Waals surface area contributed by atoms with Crippen molar-refractivity contribution >= 4 is 41.4 Å². The minimum absolute atomic E-state index is 0.00495. The van der Waals surface area contributed by atoms with Crippen LogP contribution >= 0.6 is 0 Å². The summed E-state index contributed by atoms with van der Waals surface area (Å²) in [5.74, 6) is -2.89. The zero-order valence-electron chi connectivity index (χ0n) is 31.9. The van der Waals surface area contributed by atoms with Crippen molar-refractivity contribution in [1.29, 1.82) is 0 Å². The first-order valence-corrected chi connectivity index (χ1v) is 19.1. The number of nitrogens with one attached hydrogen (secondary N) is 1. The number of phenolic OH excluding ortho intramolecular Hbond substituents is 1. The molecule has 8 atom stereocenters. The number of phenols is 1. The smallest absolute Gasteiger partial charge is 0.330 e. The van der Waals surface area contributed by atoms with Crippen molar-refractivity contribution in [3.63, 3.8) is 0 Å². The number of ketones is 1. The predicted octanol–water partition coefficient (Wildman–Crippen LogP) is 7.82. The summed E-state index contributed by atoms with van der Waals surface area (Å²) >= 11 is 0. The van der Waals surface area contributed by atoms with Crippen molar-refractivity contribution in [2.24, 2.45) is 56.7 Å². The third kappa shape index (κ3) is 6.76. The van der Waals surface area contributed by atoms with E-state index in [1.165, 1.54) is 35.9 Å². The highest BCUT2D eigenvalue weighted by molar-refractivity contribution is 6.03. The Labute approximate surface area is 312 Å². The highest BCUT2D eigenvalue weighted by Gasteiger charge is 2.67. The second-order valence-electron chi connectivity index (χ2n) is 18.5. The van der Waals surface area contributed by atoms with Crippen molar-refractivity contribution in [3.8, 4) is 5.75 Å². The Kier molecular flexibility index (Phi) is 9.86. The maximum absolute atomic E-state index is 13.4. The average molecular weight is 730 g/mol. The lowest BCUT2D eigenvalue weighted by molar-refractivity contribution is -0.184. The summed E-state index contributed by atoms with van der Waals surface area (Å²) in [6, 6.07) is 4.16. The third-order valence-electron chi connectivity index (χ3n) is 14.6. The van der Waals surface area contributed by atoms with E-state index in [0.717, 1.165) is 44.6 Å². The van der Waals surface area contributed by atoms with Crippen LogP contribution in [0.5, 0.6) is 5.75 Å². The number of carboxylic acid groups (broad SMARTS) is 2. The SMILES string of the molecule is CC1(C)CC[C@]2(C(=O)O)CC(COC(=O)/C=C/c3cc(O)ccc3NC(=O)/C=C/C(=O)O)C3C(=CCC4[C@@]3(C)CCC3C(C)(C)C(=O)CC[C@@]34C)C2C1. The number of aliphatic carboxylic acids is 2. The van der Waals surface area contributed by atoms with Crippen LogP contribution in [0, 0.1) is 56.7 Å². The summed E-state index contributed by atoms with van der Waals surface area (Å²) in [5.41, 5.74) is 0.222. The van der Waals surface area contributed by atoms with Crippen molar-refractivity contribution in [1.82, 2.24) is 0 Å². The van der Waals surface area contributed by atoms with Gasteiger partial charge in [0.15, 0.2) is 0 Å². The molecule has 4 saturated carbocycles. The molecule has 0 saturated heterocycles. The van der Waals surface area contributed by atoms with Crippen molar-refractivity contribution < 1.29 is 44.0 Å². The minimum Gasteiger partial charge on any atom is -0.508 e. The summed E-state index contributed by atoms with van der Waals surface area (Å²) in [5, 5.41) is 32.5. The maximum atomic E-state index is 13.4. The van der Waals surface area contributed by atoms with Gasteiger partial charge in [-0.3, -0.25) is 14.4 Å². The Balaban J connectivity index is 1.31. The van der Waals surface area contributed by atoms with Crippen molar-refractivity contribution in [2.75, 3.05) is 11.9 Å². The molecule has 1 amide bonds. The first-order valence-electron chi connectivity index (χ1n) is 19.1. The van der Waals surface area contributed by atoms with Gasteiger partial charge in [0.2, 0.25) is 5.91 Å². The fraction of sp³-hybridized carbons (Fsp3) is 0.605. The number of hydrogen-bond donors (Lipinski definition) is 4. The molecule has 1 aromatic rings. The number of fused-ring (bicyclic) bond motifs is 7. The largest absolute Gasteiger partial charge is 0.508 e. The molecule has 4 N–H and O–H groups in total. The lowest BCUT2D eigenvalue weighted by atomic mass is 9.36. The van der Waals surface area contributed by atoms with Gasteiger partial charge >= 0.3 is 17.9 Å². The van der Waals surface area contributed by atoms with E-state index in [1.54, 1.807) is 0 Å². The first-order chi connectivity index (χ1) is 24.7. The summed E-state index contributed by atoms with van der Waals surface area (Å²) in [6.45, 7) is 13.6. The number of ether oxygens (including phenoxy) is 1. The summed E-state index contributed by atoms with van der Waals surface area (Å²) in [6.07, 6.45) is 13.3. The minimum atomic E-state index is -1.28. The second-order valence-corrected chi connectivity index (χ2v) is 18.5. The topological polar surface area (TPSA) is 167 Å². The Morgan fingerprint density at radius 1 is 0.906 bits per heavy atom. The maximum Gasteiger partial charge on any atom is 0.330 e. The molecule has 0 bridgehead atoms. The number of anilines is 1. The number of esters is 1. The van der Waals surface area contributed by atoms with Gasteiger partial charge < -0.3 is 25.4 Å². The number of rotatable bonds is 8. The van der Waals surface area contributed by atoms with Gasteiger partial charge in [0, 0.05) is 47.2 Å². The predicted molar refractivity (Wildman–Crippen MR) is 199 cm³/mol. The van der Waals surface area contributed by atoms with Crippen LogP contribution in [0.1, 0.15) is 105 Å². The number of aromatic hydroxyl groups is 1. The van der Waals surface area contributed by atoms with Crippen LogP contribution in [-0.4, -0.2) is 51.5 Å². The first kappa shape index (κ1) is 38.5. The van der Waals surface area contributed by atoms with Crippen LogP contribution in [0.15, 0.2) is 48.1 Å². The van der Waals surface area contributed by atoms with E-state index in [1.807, 2.05) is 0 Å². The van der Waals surface area contributed by atoms with E-state index >= 15 is 0 Å². The van der Waals surface area contributed by atoms with Crippen LogP contribution in [0.3, 0.4) is 0 Å². The highest BCUT2D eigenvalue weighted by Crippen LogP contribution is 2.72. The van der Waals surface area contributed by atoms with Crippen LogP contribution in [0.4, 0.5) is 5.69 Å². The van der Waals surface area contributed by atoms with Crippen LogP contribution in [0.25, 0.3) is 6.08 Å². The molecule has 0 heterocycles. The van der Waals surface area contributed by atoms with E-state index in [-0.39, 0.29) is 58.0 Å². The van der Waals surface area contributed by atoms with Crippen molar-refractivity contribution in [3.05, 3.63) is 53.6 Å². The molecule has 0 aromatic heterocycles. The quantitative estimate of drug-likeness (QED) is 0.0903. The number of carbonyl (C=O) groups is 5. The molecule has 0 radical (unpaired) electrons. The zero-order valence-corrected chi connectivity index (χ0v) is 31.9. The van der Waals surface area contributed by atoms with Gasteiger partial charge in [-0.2, -0.15) is 0 Å². The molecule has 53 heavy (non-hydrogen) atoms. The monoisotopic (exact) mass is 729 g/mol. The Morgan fingerprint density at radius 3 is 2.34 bits per heavy atom. The summed E-state index contributed by atoms with van der Waals surface area (Å²) < 4.78 is 6.00. The number of Topliss-reactive ketones (excluding diaryl/α,β-unsaturated/α-hetero) is 1. The number of carbonyl (C=O) groups excluding carboxylic acids is 3. The van der Waals surface area contributed by atoms with Crippen LogP contribution < -0.4 is 5.32 Å². The molecule has 10 nitrogen and oxygen atoms in total. The Bertz CT molecular complexity index is 1800. The van der Waals surface area contributed by atoms with Crippen LogP contribution in [0.2, 0.25) is 0 Å². The normalized spacial score (nSPS) is 35.6. The molecule has 0 aliphatic heterocycles. The molecule has 5 unspecified atom stereocenters. The van der Waals surface area contributed by atoms with E-state index in [4.69, 9.17) is 9.84 Å². The van der Waals surface area contributed by atoms with Gasteiger partial charge in [0.1, 0.15) is 11.5 Å². The Hall–Kier alpha value is -4.21.